The maximum atomic E-state index is 8.92. The lowest BCUT2D eigenvalue weighted by molar-refractivity contribution is 0.300. The SMILES string of the molecule is CCCCCC1CCC(C)CC1=NO. The van der Waals surface area contributed by atoms with Gasteiger partial charge in [0.15, 0.2) is 0 Å². The molecule has 2 atom stereocenters. The molecule has 14 heavy (non-hydrogen) atoms. The fraction of sp³-hybridized carbons (Fsp3) is 0.917. The Hall–Kier alpha value is -0.530. The van der Waals surface area contributed by atoms with Crippen LogP contribution in [0.5, 0.6) is 0 Å². The lowest BCUT2D eigenvalue weighted by atomic mass is 9.79. The number of unbranched alkanes of at least 4 members (excludes halogenated alkanes) is 2. The van der Waals surface area contributed by atoms with Gasteiger partial charge in [0, 0.05) is 5.92 Å². The quantitative estimate of drug-likeness (QED) is 0.414. The minimum atomic E-state index is 0.572. The summed E-state index contributed by atoms with van der Waals surface area (Å²) < 4.78 is 0. The average Bonchev–Trinajstić information content (AvgIpc) is 2.20. The van der Waals surface area contributed by atoms with E-state index in [9.17, 15) is 0 Å². The van der Waals surface area contributed by atoms with Crippen LogP contribution in [0.25, 0.3) is 0 Å². The van der Waals surface area contributed by atoms with Crippen LogP contribution in [-0.2, 0) is 0 Å². The second kappa shape index (κ2) is 6.05. The van der Waals surface area contributed by atoms with E-state index in [0.29, 0.717) is 11.8 Å². The molecule has 2 unspecified atom stereocenters. The van der Waals surface area contributed by atoms with Crippen LogP contribution >= 0.6 is 0 Å². The summed E-state index contributed by atoms with van der Waals surface area (Å²) in [6.45, 7) is 4.47. The molecule has 0 aromatic rings. The molecule has 0 radical (unpaired) electrons. The van der Waals surface area contributed by atoms with Crippen molar-refractivity contribution in [2.45, 2.75) is 58.8 Å². The summed E-state index contributed by atoms with van der Waals surface area (Å²) in [6.07, 6.45) is 8.63. The zero-order chi connectivity index (χ0) is 10.4. The fourth-order valence-corrected chi connectivity index (χ4v) is 2.35. The van der Waals surface area contributed by atoms with Crippen LogP contribution in [-0.4, -0.2) is 10.9 Å². The van der Waals surface area contributed by atoms with Crippen molar-refractivity contribution in [3.8, 4) is 0 Å². The monoisotopic (exact) mass is 197 g/mol. The summed E-state index contributed by atoms with van der Waals surface area (Å²) in [5.41, 5.74) is 1.06. The molecule has 1 aliphatic rings. The number of hydrogen-bond donors (Lipinski definition) is 1. The van der Waals surface area contributed by atoms with E-state index in [1.54, 1.807) is 0 Å². The van der Waals surface area contributed by atoms with E-state index in [1.165, 1.54) is 38.5 Å². The second-order valence-corrected chi connectivity index (χ2v) is 4.67. The molecular weight excluding hydrogens is 174 g/mol. The molecule has 0 aliphatic heterocycles. The molecule has 0 spiro atoms. The van der Waals surface area contributed by atoms with Crippen LogP contribution in [0, 0.1) is 11.8 Å². The third-order valence-corrected chi connectivity index (χ3v) is 3.32. The maximum absolute atomic E-state index is 8.92. The minimum absolute atomic E-state index is 0.572. The van der Waals surface area contributed by atoms with E-state index >= 15 is 0 Å². The molecule has 82 valence electrons. The summed E-state index contributed by atoms with van der Waals surface area (Å²) in [4.78, 5) is 0. The molecule has 1 saturated carbocycles. The van der Waals surface area contributed by atoms with Gasteiger partial charge in [0.05, 0.1) is 5.71 Å². The van der Waals surface area contributed by atoms with E-state index in [4.69, 9.17) is 5.21 Å². The van der Waals surface area contributed by atoms with Crippen molar-refractivity contribution >= 4 is 5.71 Å². The van der Waals surface area contributed by atoms with Gasteiger partial charge in [-0.2, -0.15) is 0 Å². The van der Waals surface area contributed by atoms with E-state index in [2.05, 4.69) is 19.0 Å². The average molecular weight is 197 g/mol. The van der Waals surface area contributed by atoms with Gasteiger partial charge in [-0.15, -0.1) is 0 Å². The molecule has 0 aromatic carbocycles. The molecule has 2 heteroatoms. The Bertz CT molecular complexity index is 189. The maximum Gasteiger partial charge on any atom is 0.0604 e. The van der Waals surface area contributed by atoms with Crippen molar-refractivity contribution < 1.29 is 5.21 Å². The first kappa shape index (κ1) is 11.5. The summed E-state index contributed by atoms with van der Waals surface area (Å²) in [7, 11) is 0. The fourth-order valence-electron chi connectivity index (χ4n) is 2.35. The van der Waals surface area contributed by atoms with Gasteiger partial charge in [-0.05, 0) is 31.6 Å². The standard InChI is InChI=1S/C12H23NO/c1-3-4-5-6-11-8-7-10(2)9-12(11)13-14/h10-11,14H,3-9H2,1-2H3. The van der Waals surface area contributed by atoms with E-state index < -0.39 is 0 Å². The normalized spacial score (nSPS) is 30.9. The van der Waals surface area contributed by atoms with E-state index in [-0.39, 0.29) is 0 Å². The predicted molar refractivity (Wildman–Crippen MR) is 59.9 cm³/mol. The second-order valence-electron chi connectivity index (χ2n) is 4.67. The number of nitrogens with zero attached hydrogens (tertiary/aromatic N) is 1. The molecule has 0 heterocycles. The van der Waals surface area contributed by atoms with Crippen LogP contribution in [0.1, 0.15) is 58.8 Å². The first-order chi connectivity index (χ1) is 6.77. The highest BCUT2D eigenvalue weighted by Gasteiger charge is 2.24. The summed E-state index contributed by atoms with van der Waals surface area (Å²) in [5.74, 6) is 1.28. The van der Waals surface area contributed by atoms with Crippen molar-refractivity contribution in [2.24, 2.45) is 17.0 Å². The molecule has 0 aromatic heterocycles. The van der Waals surface area contributed by atoms with Gasteiger partial charge in [0.2, 0.25) is 0 Å². The van der Waals surface area contributed by atoms with Crippen molar-refractivity contribution in [2.75, 3.05) is 0 Å². The Morgan fingerprint density at radius 1 is 1.36 bits per heavy atom. The lowest BCUT2D eigenvalue weighted by Gasteiger charge is -2.27. The number of oxime groups is 1. The molecule has 0 saturated heterocycles. The van der Waals surface area contributed by atoms with Crippen LogP contribution in [0.3, 0.4) is 0 Å². The van der Waals surface area contributed by atoms with Gasteiger partial charge >= 0.3 is 0 Å². The topological polar surface area (TPSA) is 32.6 Å². The Kier molecular flexibility index (Phi) is 4.99. The molecule has 2 nitrogen and oxygen atoms in total. The van der Waals surface area contributed by atoms with Crippen molar-refractivity contribution in [3.63, 3.8) is 0 Å². The zero-order valence-electron chi connectivity index (χ0n) is 9.50. The molecule has 1 rings (SSSR count). The highest BCUT2D eigenvalue weighted by Crippen LogP contribution is 2.29. The number of rotatable bonds is 4. The predicted octanol–water partition coefficient (Wildman–Crippen LogP) is 3.83. The lowest BCUT2D eigenvalue weighted by Crippen LogP contribution is -2.23. The molecule has 1 fully saturated rings. The molecular formula is C12H23NO. The summed E-state index contributed by atoms with van der Waals surface area (Å²) in [5, 5.41) is 12.4. The Labute approximate surface area is 87.4 Å². The van der Waals surface area contributed by atoms with Gasteiger partial charge in [-0.1, -0.05) is 38.3 Å². The van der Waals surface area contributed by atoms with Gasteiger partial charge in [-0.3, -0.25) is 0 Å². The Balaban J connectivity index is 2.35. The van der Waals surface area contributed by atoms with Gasteiger partial charge in [0.1, 0.15) is 0 Å². The number of hydrogen-bond acceptors (Lipinski definition) is 2. The van der Waals surface area contributed by atoms with Crippen molar-refractivity contribution in [1.29, 1.82) is 0 Å². The van der Waals surface area contributed by atoms with E-state index in [0.717, 1.165) is 12.1 Å². The smallest absolute Gasteiger partial charge is 0.0604 e. The molecule has 1 aliphatic carbocycles. The van der Waals surface area contributed by atoms with Crippen LogP contribution in [0.4, 0.5) is 0 Å². The first-order valence-corrected chi connectivity index (χ1v) is 5.98. The Morgan fingerprint density at radius 2 is 2.14 bits per heavy atom. The Morgan fingerprint density at radius 3 is 2.79 bits per heavy atom. The third kappa shape index (κ3) is 3.32. The van der Waals surface area contributed by atoms with Crippen LogP contribution in [0.15, 0.2) is 5.16 Å². The van der Waals surface area contributed by atoms with Crippen LogP contribution in [0.2, 0.25) is 0 Å². The third-order valence-electron chi connectivity index (χ3n) is 3.32. The van der Waals surface area contributed by atoms with Gasteiger partial charge < -0.3 is 5.21 Å². The molecule has 0 bridgehead atoms. The molecule has 1 N–H and O–H groups in total. The van der Waals surface area contributed by atoms with Gasteiger partial charge in [0.25, 0.3) is 0 Å². The van der Waals surface area contributed by atoms with Crippen molar-refractivity contribution in [1.82, 2.24) is 0 Å². The molecule has 0 amide bonds. The highest BCUT2D eigenvalue weighted by molar-refractivity contribution is 5.87. The van der Waals surface area contributed by atoms with Crippen molar-refractivity contribution in [3.05, 3.63) is 0 Å². The van der Waals surface area contributed by atoms with E-state index in [1.807, 2.05) is 0 Å². The zero-order valence-corrected chi connectivity index (χ0v) is 9.50. The first-order valence-electron chi connectivity index (χ1n) is 5.98. The largest absolute Gasteiger partial charge is 0.411 e. The summed E-state index contributed by atoms with van der Waals surface area (Å²) in [6, 6.07) is 0. The van der Waals surface area contributed by atoms with Gasteiger partial charge in [-0.25, -0.2) is 0 Å². The highest BCUT2D eigenvalue weighted by atomic mass is 16.4. The van der Waals surface area contributed by atoms with Crippen LogP contribution < -0.4 is 0 Å². The summed E-state index contributed by atoms with van der Waals surface area (Å²) >= 11 is 0. The minimum Gasteiger partial charge on any atom is -0.411 e.